The Bertz CT molecular complexity index is 301. The number of nitrogens with two attached hydrogens (primary N) is 1. The van der Waals surface area contributed by atoms with Crippen molar-refractivity contribution in [1.29, 1.82) is 0 Å². The van der Waals surface area contributed by atoms with Gasteiger partial charge in [-0.15, -0.1) is 5.10 Å². The summed E-state index contributed by atoms with van der Waals surface area (Å²) in [5.41, 5.74) is 6.57. The Labute approximate surface area is 90.5 Å². The van der Waals surface area contributed by atoms with Crippen LogP contribution in [-0.2, 0) is 6.42 Å². The van der Waals surface area contributed by atoms with Gasteiger partial charge in [0.2, 0.25) is 0 Å². The fourth-order valence-electron chi connectivity index (χ4n) is 2.04. The summed E-state index contributed by atoms with van der Waals surface area (Å²) in [5, 5.41) is 7.98. The molecule has 0 spiro atoms. The van der Waals surface area contributed by atoms with E-state index in [9.17, 15) is 0 Å². The van der Waals surface area contributed by atoms with Crippen molar-refractivity contribution in [2.75, 3.05) is 25.9 Å². The van der Waals surface area contributed by atoms with Crippen molar-refractivity contribution < 1.29 is 0 Å². The third-order valence-electron chi connectivity index (χ3n) is 3.08. The van der Waals surface area contributed by atoms with Gasteiger partial charge < -0.3 is 10.6 Å². The van der Waals surface area contributed by atoms with Gasteiger partial charge in [0.1, 0.15) is 5.82 Å². The van der Waals surface area contributed by atoms with E-state index < -0.39 is 0 Å². The maximum atomic E-state index is 5.50. The highest BCUT2D eigenvalue weighted by atomic mass is 15.1. The van der Waals surface area contributed by atoms with E-state index in [2.05, 4.69) is 22.1 Å². The van der Waals surface area contributed by atoms with E-state index in [1.807, 2.05) is 12.1 Å². The number of aromatic nitrogens is 2. The molecule has 1 saturated heterocycles. The van der Waals surface area contributed by atoms with Crippen molar-refractivity contribution in [2.45, 2.75) is 19.3 Å². The fraction of sp³-hybridized carbons (Fsp3) is 0.636. The molecule has 0 saturated carbocycles. The molecule has 0 amide bonds. The molecule has 15 heavy (non-hydrogen) atoms. The molecular formula is C11H18N4. The molecule has 0 aliphatic carbocycles. The third-order valence-corrected chi connectivity index (χ3v) is 3.08. The maximum Gasteiger partial charge on any atom is 0.146 e. The van der Waals surface area contributed by atoms with E-state index in [0.717, 1.165) is 18.0 Å². The lowest BCUT2D eigenvalue weighted by atomic mass is 9.92. The van der Waals surface area contributed by atoms with Crippen LogP contribution in [0.25, 0.3) is 0 Å². The largest absolute Gasteiger partial charge is 0.382 e. The van der Waals surface area contributed by atoms with Crippen molar-refractivity contribution in [3.8, 4) is 0 Å². The first kappa shape index (κ1) is 10.4. The van der Waals surface area contributed by atoms with Gasteiger partial charge >= 0.3 is 0 Å². The summed E-state index contributed by atoms with van der Waals surface area (Å²) < 4.78 is 0. The van der Waals surface area contributed by atoms with E-state index in [4.69, 9.17) is 5.73 Å². The maximum absolute atomic E-state index is 5.50. The molecule has 1 aliphatic rings. The zero-order chi connectivity index (χ0) is 10.7. The molecule has 0 bridgehead atoms. The normalized spacial score (nSPS) is 19.3. The Morgan fingerprint density at radius 2 is 2.07 bits per heavy atom. The van der Waals surface area contributed by atoms with Gasteiger partial charge in [-0.25, -0.2) is 0 Å². The molecule has 1 aromatic heterocycles. The molecule has 4 nitrogen and oxygen atoms in total. The third kappa shape index (κ3) is 2.89. The van der Waals surface area contributed by atoms with E-state index in [1.54, 1.807) is 0 Å². The van der Waals surface area contributed by atoms with Crippen molar-refractivity contribution in [1.82, 2.24) is 15.1 Å². The first-order chi connectivity index (χ1) is 7.24. The molecule has 0 unspecified atom stereocenters. The molecular weight excluding hydrogens is 188 g/mol. The van der Waals surface area contributed by atoms with Crippen LogP contribution in [0.5, 0.6) is 0 Å². The number of rotatable bonds is 2. The van der Waals surface area contributed by atoms with Crippen LogP contribution in [0, 0.1) is 5.92 Å². The predicted molar refractivity (Wildman–Crippen MR) is 60.4 cm³/mol. The van der Waals surface area contributed by atoms with Crippen LogP contribution in [0.2, 0.25) is 0 Å². The molecule has 0 aromatic carbocycles. The predicted octanol–water partition coefficient (Wildman–Crippen LogP) is 0.943. The average Bonchev–Trinajstić information content (AvgIpc) is 2.25. The van der Waals surface area contributed by atoms with Gasteiger partial charge in [-0.3, -0.25) is 0 Å². The lowest BCUT2D eigenvalue weighted by Gasteiger charge is -2.28. The summed E-state index contributed by atoms with van der Waals surface area (Å²) in [6, 6.07) is 3.82. The molecule has 1 fully saturated rings. The van der Waals surface area contributed by atoms with E-state index in [1.165, 1.54) is 25.9 Å². The minimum Gasteiger partial charge on any atom is -0.382 e. The van der Waals surface area contributed by atoms with Crippen molar-refractivity contribution in [3.05, 3.63) is 17.8 Å². The quantitative estimate of drug-likeness (QED) is 0.782. The first-order valence-corrected chi connectivity index (χ1v) is 5.50. The van der Waals surface area contributed by atoms with Gasteiger partial charge in [-0.1, -0.05) is 0 Å². The summed E-state index contributed by atoms with van der Waals surface area (Å²) >= 11 is 0. The van der Waals surface area contributed by atoms with Crippen LogP contribution in [0.4, 0.5) is 5.82 Å². The molecule has 1 aliphatic heterocycles. The topological polar surface area (TPSA) is 55.0 Å². The van der Waals surface area contributed by atoms with Crippen molar-refractivity contribution in [2.24, 2.45) is 5.92 Å². The summed E-state index contributed by atoms with van der Waals surface area (Å²) in [6.07, 6.45) is 3.58. The van der Waals surface area contributed by atoms with E-state index in [0.29, 0.717) is 5.82 Å². The fourth-order valence-corrected chi connectivity index (χ4v) is 2.04. The zero-order valence-corrected chi connectivity index (χ0v) is 9.19. The highest BCUT2D eigenvalue weighted by Crippen LogP contribution is 2.19. The highest BCUT2D eigenvalue weighted by molar-refractivity contribution is 5.25. The molecule has 4 heteroatoms. The molecule has 82 valence electrons. The number of nitrogens with zero attached hydrogens (tertiary/aromatic N) is 3. The van der Waals surface area contributed by atoms with Crippen LogP contribution < -0.4 is 5.73 Å². The number of piperidine rings is 1. The number of hydrogen-bond donors (Lipinski definition) is 1. The Kier molecular flexibility index (Phi) is 3.16. The lowest BCUT2D eigenvalue weighted by Crippen LogP contribution is -2.31. The van der Waals surface area contributed by atoms with Gasteiger partial charge in [0.25, 0.3) is 0 Å². The van der Waals surface area contributed by atoms with Crippen LogP contribution in [0.15, 0.2) is 12.1 Å². The zero-order valence-electron chi connectivity index (χ0n) is 9.19. The van der Waals surface area contributed by atoms with Gasteiger partial charge in [0, 0.05) is 0 Å². The summed E-state index contributed by atoms with van der Waals surface area (Å²) in [7, 11) is 2.18. The SMILES string of the molecule is CN1CCC(Cc2ccc(N)nn2)CC1. The Balaban J connectivity index is 1.89. The molecule has 1 aromatic rings. The molecule has 2 heterocycles. The van der Waals surface area contributed by atoms with Crippen LogP contribution >= 0.6 is 0 Å². The second kappa shape index (κ2) is 4.57. The number of nitrogen functional groups attached to an aromatic ring is 1. The highest BCUT2D eigenvalue weighted by Gasteiger charge is 2.17. The second-order valence-corrected chi connectivity index (χ2v) is 4.40. The monoisotopic (exact) mass is 206 g/mol. The minimum atomic E-state index is 0.502. The number of hydrogen-bond acceptors (Lipinski definition) is 4. The van der Waals surface area contributed by atoms with Crippen molar-refractivity contribution >= 4 is 5.82 Å². The summed E-state index contributed by atoms with van der Waals surface area (Å²) in [5.74, 6) is 1.27. The first-order valence-electron chi connectivity index (χ1n) is 5.50. The van der Waals surface area contributed by atoms with Gasteiger partial charge in [0.05, 0.1) is 5.69 Å². The van der Waals surface area contributed by atoms with Crippen LogP contribution in [-0.4, -0.2) is 35.2 Å². The van der Waals surface area contributed by atoms with Gasteiger partial charge in [0.15, 0.2) is 0 Å². The molecule has 2 rings (SSSR count). The molecule has 2 N–H and O–H groups in total. The lowest BCUT2D eigenvalue weighted by molar-refractivity contribution is 0.218. The molecule has 0 radical (unpaired) electrons. The summed E-state index contributed by atoms with van der Waals surface area (Å²) in [4.78, 5) is 2.38. The van der Waals surface area contributed by atoms with Crippen molar-refractivity contribution in [3.63, 3.8) is 0 Å². The van der Waals surface area contributed by atoms with Crippen LogP contribution in [0.1, 0.15) is 18.5 Å². The second-order valence-electron chi connectivity index (χ2n) is 4.40. The Morgan fingerprint density at radius 3 is 2.67 bits per heavy atom. The Hall–Kier alpha value is -1.16. The van der Waals surface area contributed by atoms with E-state index in [-0.39, 0.29) is 0 Å². The van der Waals surface area contributed by atoms with Gasteiger partial charge in [-0.2, -0.15) is 5.10 Å². The Morgan fingerprint density at radius 1 is 1.33 bits per heavy atom. The smallest absolute Gasteiger partial charge is 0.146 e. The van der Waals surface area contributed by atoms with Crippen LogP contribution in [0.3, 0.4) is 0 Å². The summed E-state index contributed by atoms with van der Waals surface area (Å²) in [6.45, 7) is 2.40. The van der Waals surface area contributed by atoms with Gasteiger partial charge in [-0.05, 0) is 57.5 Å². The standard InChI is InChI=1S/C11H18N4/c1-15-6-4-9(5-7-15)8-10-2-3-11(12)14-13-10/h2-3,9H,4-8H2,1H3,(H2,12,14). The molecule has 0 atom stereocenters. The number of likely N-dealkylation sites (tertiary alicyclic amines) is 1. The minimum absolute atomic E-state index is 0.502. The number of anilines is 1. The van der Waals surface area contributed by atoms with E-state index >= 15 is 0 Å². The average molecular weight is 206 g/mol.